The van der Waals surface area contributed by atoms with Gasteiger partial charge in [-0.2, -0.15) is 0 Å². The van der Waals surface area contributed by atoms with Crippen LogP contribution in [0.1, 0.15) is 11.3 Å². The highest BCUT2D eigenvalue weighted by atomic mass is 127. The SMILES string of the molecule is O=CCc1c(I)ncn1COCc1ccccc1. The van der Waals surface area contributed by atoms with Gasteiger partial charge in [0.15, 0.2) is 0 Å². The molecule has 0 radical (unpaired) electrons. The summed E-state index contributed by atoms with van der Waals surface area (Å²) in [7, 11) is 0. The number of nitrogens with zero attached hydrogens (tertiary/aromatic N) is 2. The third-order valence-corrected chi connectivity index (χ3v) is 3.42. The zero-order valence-corrected chi connectivity index (χ0v) is 11.9. The molecule has 94 valence electrons. The van der Waals surface area contributed by atoms with Crippen LogP contribution in [0, 0.1) is 3.70 Å². The van der Waals surface area contributed by atoms with Crippen molar-refractivity contribution in [2.24, 2.45) is 0 Å². The van der Waals surface area contributed by atoms with E-state index in [1.807, 2.05) is 34.9 Å². The van der Waals surface area contributed by atoms with Crippen LogP contribution in [0.5, 0.6) is 0 Å². The van der Waals surface area contributed by atoms with Crippen LogP contribution in [0.3, 0.4) is 0 Å². The third kappa shape index (κ3) is 3.39. The van der Waals surface area contributed by atoms with E-state index in [-0.39, 0.29) is 0 Å². The second-order valence-corrected chi connectivity index (χ2v) is 4.81. The van der Waals surface area contributed by atoms with E-state index in [2.05, 4.69) is 27.6 Å². The molecule has 0 N–H and O–H groups in total. The molecule has 0 bridgehead atoms. The lowest BCUT2D eigenvalue weighted by Crippen LogP contribution is -2.06. The van der Waals surface area contributed by atoms with Crippen molar-refractivity contribution >= 4 is 28.9 Å². The largest absolute Gasteiger partial charge is 0.356 e. The first kappa shape index (κ1) is 13.2. The van der Waals surface area contributed by atoms with Gasteiger partial charge in [-0.1, -0.05) is 30.3 Å². The lowest BCUT2D eigenvalue weighted by Gasteiger charge is -2.08. The van der Waals surface area contributed by atoms with E-state index in [9.17, 15) is 4.79 Å². The van der Waals surface area contributed by atoms with E-state index in [4.69, 9.17) is 4.74 Å². The van der Waals surface area contributed by atoms with Gasteiger partial charge in [0.1, 0.15) is 16.7 Å². The van der Waals surface area contributed by atoms with Crippen molar-refractivity contribution in [1.29, 1.82) is 0 Å². The van der Waals surface area contributed by atoms with Crippen molar-refractivity contribution in [1.82, 2.24) is 9.55 Å². The first-order valence-corrected chi connectivity index (χ1v) is 6.64. The van der Waals surface area contributed by atoms with E-state index in [1.165, 1.54) is 0 Å². The van der Waals surface area contributed by atoms with Crippen LogP contribution in [0.25, 0.3) is 0 Å². The van der Waals surface area contributed by atoms with Crippen molar-refractivity contribution < 1.29 is 9.53 Å². The molecule has 0 aliphatic rings. The summed E-state index contributed by atoms with van der Waals surface area (Å²) < 4.78 is 8.32. The van der Waals surface area contributed by atoms with Crippen LogP contribution < -0.4 is 0 Å². The molecule has 0 aliphatic heterocycles. The number of aromatic nitrogens is 2. The first-order valence-electron chi connectivity index (χ1n) is 5.56. The van der Waals surface area contributed by atoms with Gasteiger partial charge in [-0.3, -0.25) is 0 Å². The lowest BCUT2D eigenvalue weighted by molar-refractivity contribution is -0.107. The number of aldehydes is 1. The summed E-state index contributed by atoms with van der Waals surface area (Å²) in [4.78, 5) is 14.8. The van der Waals surface area contributed by atoms with Crippen LogP contribution >= 0.6 is 22.6 Å². The fourth-order valence-electron chi connectivity index (χ4n) is 1.61. The number of imidazole rings is 1. The lowest BCUT2D eigenvalue weighted by atomic mass is 10.2. The smallest absolute Gasteiger partial charge is 0.125 e. The maximum atomic E-state index is 10.6. The van der Waals surface area contributed by atoms with E-state index in [0.29, 0.717) is 19.8 Å². The number of rotatable bonds is 6. The highest BCUT2D eigenvalue weighted by Gasteiger charge is 2.07. The average Bonchev–Trinajstić information content (AvgIpc) is 2.73. The van der Waals surface area contributed by atoms with Crippen molar-refractivity contribution in [2.45, 2.75) is 19.8 Å². The minimum atomic E-state index is 0.368. The minimum absolute atomic E-state index is 0.368. The van der Waals surface area contributed by atoms with Crippen molar-refractivity contribution in [3.8, 4) is 0 Å². The molecule has 0 amide bonds. The molecule has 0 atom stereocenters. The van der Waals surface area contributed by atoms with Gasteiger partial charge >= 0.3 is 0 Å². The predicted molar refractivity (Wildman–Crippen MR) is 75.9 cm³/mol. The minimum Gasteiger partial charge on any atom is -0.356 e. The fourth-order valence-corrected chi connectivity index (χ4v) is 2.27. The molecule has 5 heteroatoms. The van der Waals surface area contributed by atoms with Gasteiger partial charge in [0.05, 0.1) is 18.6 Å². The van der Waals surface area contributed by atoms with Gasteiger partial charge in [0, 0.05) is 6.42 Å². The zero-order chi connectivity index (χ0) is 12.8. The Hall–Kier alpha value is -1.21. The average molecular weight is 356 g/mol. The molecule has 4 nitrogen and oxygen atoms in total. The monoisotopic (exact) mass is 356 g/mol. The molecule has 0 spiro atoms. The summed E-state index contributed by atoms with van der Waals surface area (Å²) in [5, 5.41) is 0. The predicted octanol–water partition coefficient (Wildman–Crippen LogP) is 2.40. The van der Waals surface area contributed by atoms with Gasteiger partial charge in [-0.05, 0) is 28.2 Å². The van der Waals surface area contributed by atoms with E-state index in [1.54, 1.807) is 6.33 Å². The summed E-state index contributed by atoms with van der Waals surface area (Å²) in [5.41, 5.74) is 2.03. The van der Waals surface area contributed by atoms with Crippen LogP contribution in [0.15, 0.2) is 36.7 Å². The molecule has 0 aliphatic carbocycles. The number of hydrogen-bond acceptors (Lipinski definition) is 3. The Morgan fingerprint density at radius 3 is 2.83 bits per heavy atom. The Morgan fingerprint density at radius 2 is 2.11 bits per heavy atom. The maximum Gasteiger partial charge on any atom is 0.125 e. The summed E-state index contributed by atoms with van der Waals surface area (Å²) >= 11 is 2.12. The Morgan fingerprint density at radius 1 is 1.33 bits per heavy atom. The molecule has 1 aromatic heterocycles. The molecule has 2 rings (SSSR count). The van der Waals surface area contributed by atoms with Gasteiger partial charge < -0.3 is 14.1 Å². The van der Waals surface area contributed by atoms with Crippen molar-refractivity contribution in [3.63, 3.8) is 0 Å². The van der Waals surface area contributed by atoms with Gasteiger partial charge in [0.25, 0.3) is 0 Å². The van der Waals surface area contributed by atoms with Gasteiger partial charge in [-0.15, -0.1) is 0 Å². The molecule has 0 saturated heterocycles. The number of carbonyl (C=O) groups is 1. The Labute approximate surface area is 119 Å². The molecule has 18 heavy (non-hydrogen) atoms. The molecule has 0 unspecified atom stereocenters. The quantitative estimate of drug-likeness (QED) is 0.590. The second-order valence-electron chi connectivity index (χ2n) is 3.79. The standard InChI is InChI=1S/C13H13IN2O2/c14-13-12(6-7-17)16(9-15-13)10-18-8-11-4-2-1-3-5-11/h1-5,7,9H,6,8,10H2. The topological polar surface area (TPSA) is 44.1 Å². The molecule has 1 aromatic carbocycles. The first-order chi connectivity index (χ1) is 8.81. The normalized spacial score (nSPS) is 10.5. The number of hydrogen-bond donors (Lipinski definition) is 0. The molecule has 1 heterocycles. The van der Waals surface area contributed by atoms with Crippen LogP contribution in [-0.2, 0) is 29.3 Å². The summed E-state index contributed by atoms with van der Waals surface area (Å²) in [6.07, 6.45) is 2.95. The molecule has 2 aromatic rings. The van der Waals surface area contributed by atoms with E-state index >= 15 is 0 Å². The summed E-state index contributed by atoms with van der Waals surface area (Å²) in [6, 6.07) is 9.98. The number of carbonyl (C=O) groups excluding carboxylic acids is 1. The van der Waals surface area contributed by atoms with Gasteiger partial charge in [-0.25, -0.2) is 4.98 Å². The molecular formula is C13H13IN2O2. The Kier molecular flexibility index (Phi) is 4.89. The second kappa shape index (κ2) is 6.65. The summed E-state index contributed by atoms with van der Waals surface area (Å²) in [5.74, 6) is 0. The highest BCUT2D eigenvalue weighted by Crippen LogP contribution is 2.11. The molecule has 0 saturated carbocycles. The summed E-state index contributed by atoms with van der Waals surface area (Å²) in [6.45, 7) is 0.962. The Bertz CT molecular complexity index is 511. The van der Waals surface area contributed by atoms with Crippen molar-refractivity contribution in [3.05, 3.63) is 51.6 Å². The molecular weight excluding hydrogens is 343 g/mol. The fraction of sp³-hybridized carbons (Fsp3) is 0.231. The maximum absolute atomic E-state index is 10.6. The van der Waals surface area contributed by atoms with Gasteiger partial charge in [0.2, 0.25) is 0 Å². The number of halogens is 1. The zero-order valence-electron chi connectivity index (χ0n) is 9.75. The third-order valence-electron chi connectivity index (χ3n) is 2.51. The van der Waals surface area contributed by atoms with Crippen LogP contribution in [-0.4, -0.2) is 15.8 Å². The molecule has 0 fully saturated rings. The van der Waals surface area contributed by atoms with Crippen molar-refractivity contribution in [2.75, 3.05) is 0 Å². The van der Waals surface area contributed by atoms with E-state index in [0.717, 1.165) is 21.2 Å². The Balaban J connectivity index is 1.92. The number of ether oxygens (including phenoxy) is 1. The van der Waals surface area contributed by atoms with Crippen LogP contribution in [0.2, 0.25) is 0 Å². The van der Waals surface area contributed by atoms with E-state index < -0.39 is 0 Å². The highest BCUT2D eigenvalue weighted by molar-refractivity contribution is 14.1. The number of benzene rings is 1. The van der Waals surface area contributed by atoms with Crippen LogP contribution in [0.4, 0.5) is 0 Å².